The highest BCUT2D eigenvalue weighted by molar-refractivity contribution is 5.95. The molecular formula is C27H30N2. The van der Waals surface area contributed by atoms with Gasteiger partial charge in [-0.3, -0.25) is 0 Å². The van der Waals surface area contributed by atoms with Crippen molar-refractivity contribution >= 4 is 27.4 Å². The van der Waals surface area contributed by atoms with E-state index < -0.39 is 0 Å². The first-order chi connectivity index (χ1) is 14.1. The van der Waals surface area contributed by atoms with Crippen LogP contribution in [0.25, 0.3) is 32.9 Å². The van der Waals surface area contributed by atoms with E-state index in [1.165, 1.54) is 41.1 Å². The Labute approximate surface area is 174 Å². The fraction of sp³-hybridized carbons (Fsp3) is 0.296. The molecule has 0 saturated heterocycles. The third-order valence-corrected chi connectivity index (χ3v) is 5.58. The quantitative estimate of drug-likeness (QED) is 0.354. The summed E-state index contributed by atoms with van der Waals surface area (Å²) in [4.78, 5) is 4.97. The Morgan fingerprint density at radius 2 is 1.55 bits per heavy atom. The number of rotatable bonds is 7. The topological polar surface area (TPSA) is 24.9 Å². The van der Waals surface area contributed by atoms with Crippen LogP contribution in [0.4, 0.5) is 5.69 Å². The van der Waals surface area contributed by atoms with Gasteiger partial charge in [0.05, 0.1) is 11.2 Å². The molecule has 4 aromatic rings. The van der Waals surface area contributed by atoms with Gasteiger partial charge in [-0.15, -0.1) is 0 Å². The molecule has 2 nitrogen and oxygen atoms in total. The Hall–Kier alpha value is -2.87. The van der Waals surface area contributed by atoms with Crippen LogP contribution in [0.3, 0.4) is 0 Å². The van der Waals surface area contributed by atoms with Crippen molar-refractivity contribution in [2.45, 2.75) is 46.1 Å². The summed E-state index contributed by atoms with van der Waals surface area (Å²) in [6, 6.07) is 26.2. The van der Waals surface area contributed by atoms with Gasteiger partial charge in [0, 0.05) is 22.7 Å². The highest BCUT2D eigenvalue weighted by Crippen LogP contribution is 2.30. The summed E-state index contributed by atoms with van der Waals surface area (Å²) in [5, 5.41) is 7.46. The number of benzene rings is 3. The summed E-state index contributed by atoms with van der Waals surface area (Å²) in [6.45, 7) is 6.87. The monoisotopic (exact) mass is 382 g/mol. The van der Waals surface area contributed by atoms with E-state index in [-0.39, 0.29) is 0 Å². The molecule has 1 unspecified atom stereocenters. The molecule has 0 fully saturated rings. The minimum atomic E-state index is 0.434. The van der Waals surface area contributed by atoms with Gasteiger partial charge < -0.3 is 5.32 Å². The van der Waals surface area contributed by atoms with Gasteiger partial charge in [0.25, 0.3) is 0 Å². The van der Waals surface area contributed by atoms with E-state index in [1.54, 1.807) is 0 Å². The molecule has 0 spiro atoms. The van der Waals surface area contributed by atoms with Crippen molar-refractivity contribution in [1.82, 2.24) is 4.98 Å². The summed E-state index contributed by atoms with van der Waals surface area (Å²) >= 11 is 0. The number of nitrogens with one attached hydrogen (secondary N) is 1. The number of hydrogen-bond donors (Lipinski definition) is 1. The van der Waals surface area contributed by atoms with Gasteiger partial charge in [-0.05, 0) is 48.2 Å². The minimum absolute atomic E-state index is 0.434. The molecule has 2 heteroatoms. The molecule has 3 aromatic carbocycles. The standard InChI is InChI=1S/C27H30N2/c1-19(2)9-8-10-20(3)28-27-18-26(29-25-14-7-6-13-24(25)27)23-16-15-21-11-4-5-12-22(21)17-23/h4-7,11-20H,8-10H2,1-3H3,(H,28,29). The van der Waals surface area contributed by atoms with Crippen molar-refractivity contribution in [3.63, 3.8) is 0 Å². The fourth-order valence-electron chi connectivity index (χ4n) is 3.96. The van der Waals surface area contributed by atoms with Crippen LogP contribution in [-0.4, -0.2) is 11.0 Å². The van der Waals surface area contributed by atoms with E-state index in [2.05, 4.69) is 98.9 Å². The largest absolute Gasteiger partial charge is 0.382 e. The Kier molecular flexibility index (Phi) is 5.80. The molecule has 0 aliphatic heterocycles. The highest BCUT2D eigenvalue weighted by Gasteiger charge is 2.11. The normalized spacial score (nSPS) is 12.6. The number of para-hydroxylation sites is 1. The lowest BCUT2D eigenvalue weighted by Gasteiger charge is -2.18. The maximum atomic E-state index is 4.97. The Balaban J connectivity index is 1.68. The summed E-state index contributed by atoms with van der Waals surface area (Å²) in [6.07, 6.45) is 3.72. The van der Waals surface area contributed by atoms with Crippen LogP contribution < -0.4 is 5.32 Å². The Bertz CT molecular complexity index is 1110. The molecule has 4 rings (SSSR count). The first-order valence-electron chi connectivity index (χ1n) is 10.8. The van der Waals surface area contributed by atoms with E-state index in [0.717, 1.165) is 22.7 Å². The molecule has 1 N–H and O–H groups in total. The van der Waals surface area contributed by atoms with Crippen LogP contribution in [0.5, 0.6) is 0 Å². The van der Waals surface area contributed by atoms with Crippen LogP contribution in [-0.2, 0) is 0 Å². The maximum absolute atomic E-state index is 4.97. The van der Waals surface area contributed by atoms with Crippen LogP contribution in [0.2, 0.25) is 0 Å². The summed E-state index contributed by atoms with van der Waals surface area (Å²) in [7, 11) is 0. The van der Waals surface area contributed by atoms with E-state index >= 15 is 0 Å². The highest BCUT2D eigenvalue weighted by atomic mass is 14.9. The summed E-state index contributed by atoms with van der Waals surface area (Å²) in [5.41, 5.74) is 4.39. The fourth-order valence-corrected chi connectivity index (χ4v) is 3.96. The molecule has 29 heavy (non-hydrogen) atoms. The number of hydrogen-bond acceptors (Lipinski definition) is 2. The zero-order valence-corrected chi connectivity index (χ0v) is 17.7. The number of aromatic nitrogens is 1. The van der Waals surface area contributed by atoms with E-state index in [9.17, 15) is 0 Å². The summed E-state index contributed by atoms with van der Waals surface area (Å²) in [5.74, 6) is 0.767. The van der Waals surface area contributed by atoms with Gasteiger partial charge in [0.1, 0.15) is 0 Å². The van der Waals surface area contributed by atoms with Crippen molar-refractivity contribution in [3.05, 3.63) is 72.8 Å². The predicted molar refractivity (Wildman–Crippen MR) is 126 cm³/mol. The second kappa shape index (κ2) is 8.65. The lowest BCUT2D eigenvalue weighted by molar-refractivity contribution is 0.520. The Morgan fingerprint density at radius 1 is 0.793 bits per heavy atom. The zero-order valence-electron chi connectivity index (χ0n) is 17.7. The lowest BCUT2D eigenvalue weighted by Crippen LogP contribution is -2.15. The average molecular weight is 383 g/mol. The van der Waals surface area contributed by atoms with Crippen LogP contribution in [0, 0.1) is 5.92 Å². The van der Waals surface area contributed by atoms with Crippen LogP contribution in [0.15, 0.2) is 72.8 Å². The van der Waals surface area contributed by atoms with Crippen molar-refractivity contribution in [2.75, 3.05) is 5.32 Å². The van der Waals surface area contributed by atoms with Gasteiger partial charge in [0.2, 0.25) is 0 Å². The van der Waals surface area contributed by atoms with Crippen molar-refractivity contribution in [3.8, 4) is 11.3 Å². The van der Waals surface area contributed by atoms with Gasteiger partial charge in [-0.1, -0.05) is 81.3 Å². The van der Waals surface area contributed by atoms with Gasteiger partial charge in [-0.25, -0.2) is 4.98 Å². The molecular weight excluding hydrogens is 352 g/mol. The zero-order chi connectivity index (χ0) is 20.2. The van der Waals surface area contributed by atoms with E-state index in [1.807, 2.05) is 0 Å². The lowest BCUT2D eigenvalue weighted by atomic mass is 10.0. The second-order valence-electron chi connectivity index (χ2n) is 8.50. The molecule has 0 amide bonds. The molecule has 0 aliphatic rings. The predicted octanol–water partition coefficient (Wildman–Crippen LogP) is 7.68. The Morgan fingerprint density at radius 3 is 2.38 bits per heavy atom. The molecule has 148 valence electrons. The van der Waals surface area contributed by atoms with Crippen molar-refractivity contribution < 1.29 is 0 Å². The second-order valence-corrected chi connectivity index (χ2v) is 8.50. The van der Waals surface area contributed by atoms with Gasteiger partial charge >= 0.3 is 0 Å². The van der Waals surface area contributed by atoms with Crippen LogP contribution >= 0.6 is 0 Å². The minimum Gasteiger partial charge on any atom is -0.382 e. The van der Waals surface area contributed by atoms with Crippen molar-refractivity contribution in [1.29, 1.82) is 0 Å². The average Bonchev–Trinajstić information content (AvgIpc) is 2.73. The molecule has 0 saturated carbocycles. The third kappa shape index (κ3) is 4.59. The van der Waals surface area contributed by atoms with E-state index in [4.69, 9.17) is 4.98 Å². The summed E-state index contributed by atoms with van der Waals surface area (Å²) < 4.78 is 0. The third-order valence-electron chi connectivity index (χ3n) is 5.58. The molecule has 0 bridgehead atoms. The SMILES string of the molecule is CC(C)CCCC(C)Nc1cc(-c2ccc3ccccc3c2)nc2ccccc12. The molecule has 1 aromatic heterocycles. The smallest absolute Gasteiger partial charge is 0.0730 e. The van der Waals surface area contributed by atoms with Gasteiger partial charge in [0.15, 0.2) is 0 Å². The molecule has 1 atom stereocenters. The first kappa shape index (κ1) is 19.4. The number of pyridine rings is 1. The maximum Gasteiger partial charge on any atom is 0.0730 e. The van der Waals surface area contributed by atoms with Gasteiger partial charge in [-0.2, -0.15) is 0 Å². The van der Waals surface area contributed by atoms with E-state index in [0.29, 0.717) is 6.04 Å². The van der Waals surface area contributed by atoms with Crippen molar-refractivity contribution in [2.24, 2.45) is 5.92 Å². The molecule has 0 aliphatic carbocycles. The number of anilines is 1. The van der Waals surface area contributed by atoms with Crippen LogP contribution in [0.1, 0.15) is 40.0 Å². The first-order valence-corrected chi connectivity index (χ1v) is 10.8. The number of fused-ring (bicyclic) bond motifs is 2. The molecule has 0 radical (unpaired) electrons. The number of nitrogens with zero attached hydrogens (tertiary/aromatic N) is 1. The molecule has 1 heterocycles.